The van der Waals surface area contributed by atoms with Crippen molar-refractivity contribution in [2.24, 2.45) is 11.3 Å². The van der Waals surface area contributed by atoms with Crippen molar-refractivity contribution in [1.29, 1.82) is 0 Å². The summed E-state index contributed by atoms with van der Waals surface area (Å²) in [6.07, 6.45) is 2.73. The SMILES string of the molecule is CC1CCN(C(C)(C)C)C(C(C)(C)C)C1. The van der Waals surface area contributed by atoms with Crippen LogP contribution in [-0.2, 0) is 0 Å². The Kier molecular flexibility index (Phi) is 3.55. The lowest BCUT2D eigenvalue weighted by Crippen LogP contribution is -2.56. The molecule has 0 aromatic carbocycles. The first-order valence-electron chi connectivity index (χ1n) is 6.39. The zero-order chi connectivity index (χ0) is 11.9. The van der Waals surface area contributed by atoms with Crippen LogP contribution >= 0.6 is 0 Å². The third kappa shape index (κ3) is 3.21. The Morgan fingerprint density at radius 3 is 1.93 bits per heavy atom. The van der Waals surface area contributed by atoms with Crippen molar-refractivity contribution in [3.8, 4) is 0 Å². The monoisotopic (exact) mass is 211 g/mol. The van der Waals surface area contributed by atoms with Gasteiger partial charge in [-0.25, -0.2) is 0 Å². The number of hydrogen-bond donors (Lipinski definition) is 0. The second-order valence-corrected chi connectivity index (χ2v) is 7.38. The van der Waals surface area contributed by atoms with Gasteiger partial charge in [-0.15, -0.1) is 0 Å². The molecular weight excluding hydrogens is 182 g/mol. The van der Waals surface area contributed by atoms with Crippen molar-refractivity contribution in [1.82, 2.24) is 4.90 Å². The van der Waals surface area contributed by atoms with E-state index in [1.165, 1.54) is 19.4 Å². The first-order valence-corrected chi connectivity index (χ1v) is 6.39. The van der Waals surface area contributed by atoms with Crippen LogP contribution in [0.1, 0.15) is 61.3 Å². The first-order chi connectivity index (χ1) is 6.62. The highest BCUT2D eigenvalue weighted by atomic mass is 15.2. The number of likely N-dealkylation sites (tertiary alicyclic amines) is 1. The van der Waals surface area contributed by atoms with Gasteiger partial charge in [-0.3, -0.25) is 4.90 Å². The molecule has 2 unspecified atom stereocenters. The maximum Gasteiger partial charge on any atom is 0.0151 e. The molecule has 0 N–H and O–H groups in total. The molecule has 0 aromatic rings. The van der Waals surface area contributed by atoms with E-state index in [2.05, 4.69) is 53.4 Å². The molecule has 1 fully saturated rings. The lowest BCUT2D eigenvalue weighted by Gasteiger charge is -2.51. The highest BCUT2D eigenvalue weighted by Gasteiger charge is 2.39. The van der Waals surface area contributed by atoms with Crippen LogP contribution < -0.4 is 0 Å². The Balaban J connectivity index is 2.85. The van der Waals surface area contributed by atoms with E-state index in [1.54, 1.807) is 0 Å². The van der Waals surface area contributed by atoms with Gasteiger partial charge < -0.3 is 0 Å². The molecule has 0 spiro atoms. The summed E-state index contributed by atoms with van der Waals surface area (Å²) in [6.45, 7) is 17.9. The van der Waals surface area contributed by atoms with Crippen molar-refractivity contribution in [2.75, 3.05) is 6.54 Å². The van der Waals surface area contributed by atoms with Crippen molar-refractivity contribution in [3.05, 3.63) is 0 Å². The minimum absolute atomic E-state index is 0.318. The lowest BCUT2D eigenvalue weighted by atomic mass is 9.75. The fourth-order valence-corrected chi connectivity index (χ4v) is 2.77. The molecule has 0 bridgehead atoms. The fourth-order valence-electron chi connectivity index (χ4n) is 2.77. The summed E-state index contributed by atoms with van der Waals surface area (Å²) in [6, 6.07) is 0.737. The lowest BCUT2D eigenvalue weighted by molar-refractivity contribution is -0.0193. The summed E-state index contributed by atoms with van der Waals surface area (Å²) in [4.78, 5) is 2.72. The largest absolute Gasteiger partial charge is 0.295 e. The zero-order valence-electron chi connectivity index (χ0n) is 11.7. The predicted molar refractivity (Wildman–Crippen MR) is 68.1 cm³/mol. The summed E-state index contributed by atoms with van der Waals surface area (Å²) in [7, 11) is 0. The summed E-state index contributed by atoms with van der Waals surface area (Å²) in [5.74, 6) is 0.896. The molecule has 15 heavy (non-hydrogen) atoms. The number of nitrogens with zero attached hydrogens (tertiary/aromatic N) is 1. The Hall–Kier alpha value is -0.0400. The quantitative estimate of drug-likeness (QED) is 0.587. The third-order valence-corrected chi connectivity index (χ3v) is 3.73. The van der Waals surface area contributed by atoms with Crippen LogP contribution in [0.2, 0.25) is 0 Å². The molecule has 0 radical (unpaired) electrons. The molecule has 1 heterocycles. The molecule has 0 amide bonds. The van der Waals surface area contributed by atoms with Gasteiger partial charge in [0.05, 0.1) is 0 Å². The molecular formula is C14H29N. The smallest absolute Gasteiger partial charge is 0.0151 e. The van der Waals surface area contributed by atoms with E-state index in [1.807, 2.05) is 0 Å². The molecule has 0 saturated carbocycles. The van der Waals surface area contributed by atoms with Crippen LogP contribution in [0, 0.1) is 11.3 Å². The number of rotatable bonds is 0. The average Bonchev–Trinajstić information content (AvgIpc) is 2.00. The van der Waals surface area contributed by atoms with Crippen LogP contribution in [0.5, 0.6) is 0 Å². The first kappa shape index (κ1) is 13.0. The maximum atomic E-state index is 2.72. The molecule has 1 aliphatic heterocycles. The van der Waals surface area contributed by atoms with Crippen molar-refractivity contribution in [3.63, 3.8) is 0 Å². The van der Waals surface area contributed by atoms with Crippen LogP contribution in [0.4, 0.5) is 0 Å². The Morgan fingerprint density at radius 1 is 1.00 bits per heavy atom. The molecule has 0 aromatic heterocycles. The van der Waals surface area contributed by atoms with E-state index < -0.39 is 0 Å². The Bertz CT molecular complexity index is 206. The highest BCUT2D eigenvalue weighted by molar-refractivity contribution is 4.93. The van der Waals surface area contributed by atoms with Crippen LogP contribution in [0.15, 0.2) is 0 Å². The van der Waals surface area contributed by atoms with Crippen molar-refractivity contribution < 1.29 is 0 Å². The molecule has 1 heteroatoms. The number of piperidine rings is 1. The van der Waals surface area contributed by atoms with Crippen molar-refractivity contribution in [2.45, 2.75) is 72.9 Å². The highest BCUT2D eigenvalue weighted by Crippen LogP contribution is 2.37. The van der Waals surface area contributed by atoms with Gasteiger partial charge in [-0.2, -0.15) is 0 Å². The van der Waals surface area contributed by atoms with E-state index in [0.29, 0.717) is 11.0 Å². The molecule has 1 saturated heterocycles. The summed E-state index contributed by atoms with van der Waals surface area (Å²) in [5, 5.41) is 0. The van der Waals surface area contributed by atoms with Crippen molar-refractivity contribution >= 4 is 0 Å². The minimum Gasteiger partial charge on any atom is -0.295 e. The minimum atomic E-state index is 0.318. The molecule has 90 valence electrons. The molecule has 1 rings (SSSR count). The van der Waals surface area contributed by atoms with E-state index in [-0.39, 0.29) is 0 Å². The van der Waals surface area contributed by atoms with E-state index in [0.717, 1.165) is 12.0 Å². The zero-order valence-corrected chi connectivity index (χ0v) is 11.7. The Morgan fingerprint density at radius 2 is 1.53 bits per heavy atom. The summed E-state index contributed by atoms with van der Waals surface area (Å²) < 4.78 is 0. The molecule has 1 nitrogen and oxygen atoms in total. The van der Waals surface area contributed by atoms with E-state index >= 15 is 0 Å². The summed E-state index contributed by atoms with van der Waals surface area (Å²) >= 11 is 0. The van der Waals surface area contributed by atoms with E-state index in [9.17, 15) is 0 Å². The normalized spacial score (nSPS) is 30.6. The standard InChI is InChI=1S/C14H29N/c1-11-8-9-15(14(5,6)7)12(10-11)13(2,3)4/h11-12H,8-10H2,1-7H3. The van der Waals surface area contributed by atoms with Gasteiger partial charge >= 0.3 is 0 Å². The molecule has 2 atom stereocenters. The molecule has 1 aliphatic rings. The third-order valence-electron chi connectivity index (χ3n) is 3.73. The topological polar surface area (TPSA) is 3.24 Å². The number of hydrogen-bond acceptors (Lipinski definition) is 1. The second kappa shape index (κ2) is 4.08. The van der Waals surface area contributed by atoms with Crippen LogP contribution in [0.3, 0.4) is 0 Å². The maximum absolute atomic E-state index is 2.72. The van der Waals surface area contributed by atoms with Gasteiger partial charge in [0, 0.05) is 11.6 Å². The van der Waals surface area contributed by atoms with Gasteiger partial charge in [0.15, 0.2) is 0 Å². The van der Waals surface area contributed by atoms with Gasteiger partial charge in [0.2, 0.25) is 0 Å². The van der Waals surface area contributed by atoms with Gasteiger partial charge in [0.1, 0.15) is 0 Å². The van der Waals surface area contributed by atoms with Crippen LogP contribution in [-0.4, -0.2) is 23.0 Å². The summed E-state index contributed by atoms with van der Waals surface area (Å²) in [5.41, 5.74) is 0.722. The van der Waals surface area contributed by atoms with E-state index in [4.69, 9.17) is 0 Å². The Labute approximate surface area is 96.2 Å². The fraction of sp³-hybridized carbons (Fsp3) is 1.00. The van der Waals surface area contributed by atoms with Gasteiger partial charge in [-0.05, 0) is 51.5 Å². The molecule has 0 aliphatic carbocycles. The van der Waals surface area contributed by atoms with Crippen LogP contribution in [0.25, 0.3) is 0 Å². The van der Waals surface area contributed by atoms with Gasteiger partial charge in [0.25, 0.3) is 0 Å². The predicted octanol–water partition coefficient (Wildman–Crippen LogP) is 3.93. The van der Waals surface area contributed by atoms with Gasteiger partial charge in [-0.1, -0.05) is 27.7 Å². The second-order valence-electron chi connectivity index (χ2n) is 7.38. The average molecular weight is 211 g/mol.